The summed E-state index contributed by atoms with van der Waals surface area (Å²) >= 11 is 1.52. The maximum Gasteiger partial charge on any atom is 0.343 e. The molecule has 1 aliphatic heterocycles. The van der Waals surface area contributed by atoms with Crippen LogP contribution in [0.25, 0.3) is 0 Å². The predicted octanol–water partition coefficient (Wildman–Crippen LogP) is 4.79. The molecular formula is C27H28N2O5S. The molecule has 0 aliphatic carbocycles. The smallest absolute Gasteiger partial charge is 0.343 e. The second kappa shape index (κ2) is 11.8. The summed E-state index contributed by atoms with van der Waals surface area (Å²) in [6, 6.07) is 17.7. The highest BCUT2D eigenvalue weighted by atomic mass is 32.1. The van der Waals surface area contributed by atoms with Gasteiger partial charge in [-0.05, 0) is 36.6 Å². The molecule has 35 heavy (non-hydrogen) atoms. The number of fused-ring (bicyclic) bond motifs is 1. The van der Waals surface area contributed by atoms with Crippen LogP contribution >= 0.6 is 11.3 Å². The summed E-state index contributed by atoms with van der Waals surface area (Å²) in [4.78, 5) is 32.6. The molecule has 2 aromatic carbocycles. The van der Waals surface area contributed by atoms with Crippen molar-refractivity contribution in [1.29, 1.82) is 0 Å². The van der Waals surface area contributed by atoms with Crippen LogP contribution in [-0.4, -0.2) is 49.9 Å². The van der Waals surface area contributed by atoms with Crippen molar-refractivity contribution >= 4 is 34.5 Å². The monoisotopic (exact) mass is 492 g/mol. The minimum Gasteiger partial charge on any atom is -0.481 e. The molecule has 0 spiro atoms. The van der Waals surface area contributed by atoms with Crippen molar-refractivity contribution in [2.24, 2.45) is 4.99 Å². The van der Waals surface area contributed by atoms with Crippen molar-refractivity contribution in [2.45, 2.75) is 26.4 Å². The lowest BCUT2D eigenvalue weighted by atomic mass is 10.0. The Labute approximate surface area is 209 Å². The predicted molar refractivity (Wildman–Crippen MR) is 136 cm³/mol. The first-order valence-corrected chi connectivity index (χ1v) is 12.3. The second-order valence-electron chi connectivity index (χ2n) is 8.01. The number of ether oxygens (including phenoxy) is 3. The first kappa shape index (κ1) is 24.6. The lowest BCUT2D eigenvalue weighted by Gasteiger charge is -2.27. The van der Waals surface area contributed by atoms with Crippen LogP contribution in [0.4, 0.5) is 5.00 Å². The third-order valence-corrected chi connectivity index (χ3v) is 6.78. The fourth-order valence-corrected chi connectivity index (χ4v) is 5.19. The molecule has 0 fully saturated rings. The van der Waals surface area contributed by atoms with Gasteiger partial charge in [-0.25, -0.2) is 14.6 Å². The van der Waals surface area contributed by atoms with Crippen LogP contribution in [0.15, 0.2) is 59.6 Å². The summed E-state index contributed by atoms with van der Waals surface area (Å²) in [5.74, 6) is -0.300. The van der Waals surface area contributed by atoms with Gasteiger partial charge in [0.25, 0.3) is 0 Å². The van der Waals surface area contributed by atoms with E-state index in [0.717, 1.165) is 36.5 Å². The molecule has 0 unspecified atom stereocenters. The number of hydrogen-bond acceptors (Lipinski definition) is 8. The van der Waals surface area contributed by atoms with Crippen molar-refractivity contribution in [1.82, 2.24) is 4.90 Å². The third-order valence-electron chi connectivity index (χ3n) is 5.66. The van der Waals surface area contributed by atoms with Crippen LogP contribution in [0.3, 0.4) is 0 Å². The highest BCUT2D eigenvalue weighted by Crippen LogP contribution is 2.40. The first-order chi connectivity index (χ1) is 17.1. The maximum atomic E-state index is 12.9. The van der Waals surface area contributed by atoms with Crippen LogP contribution in [0.1, 0.15) is 38.8 Å². The van der Waals surface area contributed by atoms with Crippen LogP contribution in [0, 0.1) is 0 Å². The molecule has 0 saturated heterocycles. The molecule has 0 bridgehead atoms. The fourth-order valence-electron chi connectivity index (χ4n) is 3.97. The molecule has 0 saturated carbocycles. The number of thiophene rings is 1. The van der Waals surface area contributed by atoms with E-state index in [9.17, 15) is 9.59 Å². The summed E-state index contributed by atoms with van der Waals surface area (Å²) in [5, 5.41) is 0.623. The van der Waals surface area contributed by atoms with Crippen LogP contribution < -0.4 is 4.74 Å². The SMILES string of the molecule is CCOC(=O)c1c(N=Cc2ccccc2OCC(=O)OC)sc2c1CCN(Cc1ccccc1)C2. The van der Waals surface area contributed by atoms with E-state index in [2.05, 4.69) is 26.8 Å². The Morgan fingerprint density at radius 2 is 1.89 bits per heavy atom. The number of para-hydroxylation sites is 1. The molecule has 0 radical (unpaired) electrons. The van der Waals surface area contributed by atoms with Crippen molar-refractivity contribution in [3.8, 4) is 5.75 Å². The van der Waals surface area contributed by atoms with Gasteiger partial charge in [-0.2, -0.15) is 0 Å². The second-order valence-corrected chi connectivity index (χ2v) is 9.10. The number of benzene rings is 2. The van der Waals surface area contributed by atoms with Crippen molar-refractivity contribution in [3.63, 3.8) is 0 Å². The number of hydrogen-bond donors (Lipinski definition) is 0. The topological polar surface area (TPSA) is 77.4 Å². The molecule has 0 N–H and O–H groups in total. The summed E-state index contributed by atoms with van der Waals surface area (Å²) < 4.78 is 15.6. The van der Waals surface area contributed by atoms with Gasteiger partial charge in [0.2, 0.25) is 0 Å². The maximum absolute atomic E-state index is 12.9. The van der Waals surface area contributed by atoms with E-state index < -0.39 is 5.97 Å². The zero-order valence-electron chi connectivity index (χ0n) is 19.9. The largest absolute Gasteiger partial charge is 0.481 e. The van der Waals surface area contributed by atoms with Gasteiger partial charge in [0.05, 0.1) is 19.3 Å². The third kappa shape index (κ3) is 6.15. The number of rotatable bonds is 9. The van der Waals surface area contributed by atoms with Crippen molar-refractivity contribution in [3.05, 3.63) is 81.7 Å². The minimum atomic E-state index is -0.465. The van der Waals surface area contributed by atoms with Gasteiger partial charge in [0.15, 0.2) is 6.61 Å². The molecular weight excluding hydrogens is 464 g/mol. The van der Waals surface area contributed by atoms with E-state index >= 15 is 0 Å². The molecule has 3 aromatic rings. The minimum absolute atomic E-state index is 0.194. The molecule has 182 valence electrons. The molecule has 0 amide bonds. The van der Waals surface area contributed by atoms with Gasteiger partial charge in [0.1, 0.15) is 10.8 Å². The lowest BCUT2D eigenvalue weighted by Crippen LogP contribution is -2.29. The van der Waals surface area contributed by atoms with E-state index in [-0.39, 0.29) is 12.6 Å². The van der Waals surface area contributed by atoms with Crippen molar-refractivity contribution < 1.29 is 23.8 Å². The highest BCUT2D eigenvalue weighted by molar-refractivity contribution is 7.16. The van der Waals surface area contributed by atoms with Gasteiger partial charge in [0, 0.05) is 36.3 Å². The normalized spacial score (nSPS) is 13.4. The number of esters is 2. The van der Waals surface area contributed by atoms with E-state index in [1.165, 1.54) is 24.0 Å². The number of methoxy groups -OCH3 is 1. The number of aliphatic imine (C=N–C) groups is 1. The Bertz CT molecular complexity index is 1210. The van der Waals surface area contributed by atoms with Gasteiger partial charge >= 0.3 is 11.9 Å². The summed E-state index contributed by atoms with van der Waals surface area (Å²) in [5.41, 5.74) is 3.54. The van der Waals surface area contributed by atoms with E-state index in [1.54, 1.807) is 19.2 Å². The van der Waals surface area contributed by atoms with Crippen molar-refractivity contribution in [2.75, 3.05) is 26.9 Å². The average Bonchev–Trinajstić information content (AvgIpc) is 3.25. The van der Waals surface area contributed by atoms with E-state index in [1.807, 2.05) is 36.4 Å². The molecule has 1 aromatic heterocycles. The standard InChI is InChI=1S/C27H28N2O5S/c1-3-33-27(31)25-21-13-14-29(16-19-9-5-4-6-10-19)17-23(21)35-26(25)28-15-20-11-7-8-12-22(20)34-18-24(30)32-2/h4-12,15H,3,13-14,16-18H2,1-2H3. The zero-order valence-corrected chi connectivity index (χ0v) is 20.7. The molecule has 0 atom stereocenters. The molecule has 1 aliphatic rings. The number of carbonyl (C=O) groups is 2. The van der Waals surface area contributed by atoms with Crippen LogP contribution in [0.2, 0.25) is 0 Å². The van der Waals surface area contributed by atoms with Gasteiger partial charge in [-0.1, -0.05) is 42.5 Å². The lowest BCUT2D eigenvalue weighted by molar-refractivity contribution is -0.142. The van der Waals surface area contributed by atoms with Gasteiger partial charge in [-0.15, -0.1) is 11.3 Å². The molecule has 2 heterocycles. The van der Waals surface area contributed by atoms with E-state index in [0.29, 0.717) is 28.5 Å². The summed E-state index contributed by atoms with van der Waals surface area (Å²) in [7, 11) is 1.31. The van der Waals surface area contributed by atoms with Crippen LogP contribution in [0.5, 0.6) is 5.75 Å². The summed E-state index contributed by atoms with van der Waals surface area (Å²) in [6.07, 6.45) is 2.43. The summed E-state index contributed by atoms with van der Waals surface area (Å²) in [6.45, 7) is 4.39. The molecule has 4 rings (SSSR count). The van der Waals surface area contributed by atoms with Crippen LogP contribution in [-0.2, 0) is 33.8 Å². The molecule has 8 heteroatoms. The Morgan fingerprint density at radius 1 is 1.11 bits per heavy atom. The Kier molecular flexibility index (Phi) is 8.28. The van der Waals surface area contributed by atoms with Gasteiger partial charge < -0.3 is 14.2 Å². The highest BCUT2D eigenvalue weighted by Gasteiger charge is 2.28. The average molecular weight is 493 g/mol. The Balaban J connectivity index is 1.59. The van der Waals surface area contributed by atoms with E-state index in [4.69, 9.17) is 9.47 Å². The number of carbonyl (C=O) groups excluding carboxylic acids is 2. The first-order valence-electron chi connectivity index (χ1n) is 11.5. The Hall–Kier alpha value is -3.49. The Morgan fingerprint density at radius 3 is 2.66 bits per heavy atom. The fraction of sp³-hybridized carbons (Fsp3) is 0.296. The number of nitrogens with zero attached hydrogens (tertiary/aromatic N) is 2. The molecule has 7 nitrogen and oxygen atoms in total. The zero-order chi connectivity index (χ0) is 24.6. The quantitative estimate of drug-likeness (QED) is 0.316. The van der Waals surface area contributed by atoms with Gasteiger partial charge in [-0.3, -0.25) is 4.90 Å².